The third-order valence-electron chi connectivity index (χ3n) is 3.51. The molecule has 0 aliphatic carbocycles. The Morgan fingerprint density at radius 2 is 2.19 bits per heavy atom. The molecule has 21 heavy (non-hydrogen) atoms. The Morgan fingerprint density at radius 1 is 1.43 bits per heavy atom. The molecular formula is C16H20N2O3. The van der Waals surface area contributed by atoms with E-state index in [1.807, 2.05) is 29.9 Å². The van der Waals surface area contributed by atoms with Crippen LogP contribution in [0.25, 0.3) is 0 Å². The van der Waals surface area contributed by atoms with Crippen LogP contribution in [0.2, 0.25) is 0 Å². The van der Waals surface area contributed by atoms with E-state index in [9.17, 15) is 9.90 Å². The summed E-state index contributed by atoms with van der Waals surface area (Å²) in [6.45, 7) is 6.30. The standard InChI is InChI=1S/C16H20N2O3/c1-4-12(3)18-9-8-13(17-18)10-21-15-11(2)6-5-7-14(15)16(19)20/h5-9,12H,4,10H2,1-3H3,(H,19,20). The minimum atomic E-state index is -0.987. The highest BCUT2D eigenvalue weighted by Gasteiger charge is 2.14. The van der Waals surface area contributed by atoms with Crippen LogP contribution in [0, 0.1) is 6.92 Å². The number of carboxylic acids is 1. The molecule has 0 radical (unpaired) electrons. The first-order chi connectivity index (χ1) is 10.0. The number of hydrogen-bond acceptors (Lipinski definition) is 3. The summed E-state index contributed by atoms with van der Waals surface area (Å²) in [5, 5.41) is 13.6. The van der Waals surface area contributed by atoms with Gasteiger partial charge in [0.1, 0.15) is 17.9 Å². The fraction of sp³-hybridized carbons (Fsp3) is 0.375. The van der Waals surface area contributed by atoms with Gasteiger partial charge < -0.3 is 9.84 Å². The number of hydrogen-bond donors (Lipinski definition) is 1. The monoisotopic (exact) mass is 288 g/mol. The highest BCUT2D eigenvalue weighted by molar-refractivity contribution is 5.91. The molecule has 5 heteroatoms. The summed E-state index contributed by atoms with van der Waals surface area (Å²) < 4.78 is 7.58. The van der Waals surface area contributed by atoms with Crippen molar-refractivity contribution < 1.29 is 14.6 Å². The zero-order chi connectivity index (χ0) is 15.4. The lowest BCUT2D eigenvalue weighted by Gasteiger charge is -2.11. The SMILES string of the molecule is CCC(C)n1ccc(COc2c(C)cccc2C(=O)O)n1. The highest BCUT2D eigenvalue weighted by Crippen LogP contribution is 2.24. The molecule has 1 aromatic heterocycles. The summed E-state index contributed by atoms with van der Waals surface area (Å²) in [4.78, 5) is 11.2. The molecule has 0 spiro atoms. The Morgan fingerprint density at radius 3 is 2.86 bits per heavy atom. The minimum absolute atomic E-state index is 0.177. The number of aromatic carboxylic acids is 1. The van der Waals surface area contributed by atoms with Crippen LogP contribution in [0.5, 0.6) is 5.75 Å². The normalized spacial score (nSPS) is 12.1. The molecular weight excluding hydrogens is 268 g/mol. The van der Waals surface area contributed by atoms with Crippen LogP contribution in [-0.4, -0.2) is 20.9 Å². The average molecular weight is 288 g/mol. The van der Waals surface area contributed by atoms with Gasteiger partial charge in [-0.15, -0.1) is 0 Å². The fourth-order valence-corrected chi connectivity index (χ4v) is 2.05. The topological polar surface area (TPSA) is 64.3 Å². The number of carboxylic acid groups (broad SMARTS) is 1. The third-order valence-corrected chi connectivity index (χ3v) is 3.51. The van der Waals surface area contributed by atoms with Crippen LogP contribution in [-0.2, 0) is 6.61 Å². The lowest BCUT2D eigenvalue weighted by molar-refractivity contribution is 0.0691. The van der Waals surface area contributed by atoms with Gasteiger partial charge in [-0.3, -0.25) is 4.68 Å². The van der Waals surface area contributed by atoms with Gasteiger partial charge >= 0.3 is 5.97 Å². The van der Waals surface area contributed by atoms with Gasteiger partial charge in [0.25, 0.3) is 0 Å². The molecule has 0 saturated carbocycles. The number of aromatic nitrogens is 2. The number of rotatable bonds is 6. The molecule has 0 fully saturated rings. The Balaban J connectivity index is 2.13. The quantitative estimate of drug-likeness (QED) is 0.884. The van der Waals surface area contributed by atoms with Crippen LogP contribution in [0.1, 0.15) is 47.9 Å². The highest BCUT2D eigenvalue weighted by atomic mass is 16.5. The number of carbonyl (C=O) groups is 1. The first kappa shape index (κ1) is 15.1. The Kier molecular flexibility index (Phi) is 4.62. The second kappa shape index (κ2) is 6.43. The number of nitrogens with zero attached hydrogens (tertiary/aromatic N) is 2. The Bertz CT molecular complexity index is 634. The van der Waals surface area contributed by atoms with Crippen molar-refractivity contribution in [2.45, 2.75) is 39.8 Å². The van der Waals surface area contributed by atoms with E-state index in [2.05, 4.69) is 18.9 Å². The van der Waals surface area contributed by atoms with E-state index >= 15 is 0 Å². The molecule has 0 amide bonds. The lowest BCUT2D eigenvalue weighted by Crippen LogP contribution is -2.07. The van der Waals surface area contributed by atoms with Crippen molar-refractivity contribution in [3.63, 3.8) is 0 Å². The van der Waals surface area contributed by atoms with E-state index in [-0.39, 0.29) is 12.2 Å². The third kappa shape index (κ3) is 3.42. The zero-order valence-electron chi connectivity index (χ0n) is 12.5. The summed E-state index contributed by atoms with van der Waals surface area (Å²) in [5.41, 5.74) is 1.77. The van der Waals surface area contributed by atoms with Crippen molar-refractivity contribution in [2.75, 3.05) is 0 Å². The van der Waals surface area contributed by atoms with Gasteiger partial charge in [0, 0.05) is 12.2 Å². The van der Waals surface area contributed by atoms with E-state index in [0.29, 0.717) is 11.8 Å². The molecule has 1 unspecified atom stereocenters. The number of ether oxygens (including phenoxy) is 1. The van der Waals surface area contributed by atoms with Crippen LogP contribution < -0.4 is 4.74 Å². The van der Waals surface area contributed by atoms with E-state index in [4.69, 9.17) is 4.74 Å². The maximum Gasteiger partial charge on any atom is 0.339 e. The average Bonchev–Trinajstić information content (AvgIpc) is 2.93. The second-order valence-electron chi connectivity index (χ2n) is 5.09. The van der Waals surface area contributed by atoms with Gasteiger partial charge in [-0.2, -0.15) is 5.10 Å². The molecule has 0 saturated heterocycles. The molecule has 2 aromatic rings. The first-order valence-electron chi connectivity index (χ1n) is 7.02. The molecule has 5 nitrogen and oxygen atoms in total. The first-order valence-corrected chi connectivity index (χ1v) is 7.02. The summed E-state index contributed by atoms with van der Waals surface area (Å²) >= 11 is 0. The van der Waals surface area contributed by atoms with E-state index in [0.717, 1.165) is 17.7 Å². The van der Waals surface area contributed by atoms with Gasteiger partial charge in [-0.05, 0) is 38.0 Å². The van der Waals surface area contributed by atoms with Crippen LogP contribution >= 0.6 is 0 Å². The lowest BCUT2D eigenvalue weighted by atomic mass is 10.1. The summed E-state index contributed by atoms with van der Waals surface area (Å²) in [6.07, 6.45) is 2.92. The van der Waals surface area contributed by atoms with Crippen LogP contribution in [0.4, 0.5) is 0 Å². The maximum atomic E-state index is 11.2. The molecule has 1 atom stereocenters. The number of para-hydroxylation sites is 1. The van der Waals surface area contributed by atoms with E-state index in [1.165, 1.54) is 0 Å². The van der Waals surface area contributed by atoms with Gasteiger partial charge in [-0.25, -0.2) is 4.79 Å². The number of aryl methyl sites for hydroxylation is 1. The molecule has 0 aliphatic heterocycles. The zero-order valence-corrected chi connectivity index (χ0v) is 12.5. The second-order valence-corrected chi connectivity index (χ2v) is 5.09. The summed E-state index contributed by atoms with van der Waals surface area (Å²) in [7, 11) is 0. The van der Waals surface area contributed by atoms with Crippen molar-refractivity contribution in [3.8, 4) is 5.75 Å². The van der Waals surface area contributed by atoms with Gasteiger partial charge in [0.15, 0.2) is 0 Å². The predicted molar refractivity (Wildman–Crippen MR) is 79.7 cm³/mol. The van der Waals surface area contributed by atoms with Gasteiger partial charge in [0.05, 0.1) is 5.69 Å². The smallest absolute Gasteiger partial charge is 0.339 e. The predicted octanol–water partition coefficient (Wildman–Crippen LogP) is 3.44. The molecule has 0 aliphatic rings. The minimum Gasteiger partial charge on any atom is -0.486 e. The van der Waals surface area contributed by atoms with Crippen molar-refractivity contribution in [1.82, 2.24) is 9.78 Å². The van der Waals surface area contributed by atoms with Crippen molar-refractivity contribution >= 4 is 5.97 Å². The van der Waals surface area contributed by atoms with E-state index in [1.54, 1.807) is 12.1 Å². The Hall–Kier alpha value is -2.30. The van der Waals surface area contributed by atoms with E-state index < -0.39 is 5.97 Å². The summed E-state index contributed by atoms with van der Waals surface area (Å²) in [5.74, 6) is -0.582. The Labute approximate surface area is 124 Å². The molecule has 1 aromatic carbocycles. The maximum absolute atomic E-state index is 11.2. The molecule has 112 valence electrons. The van der Waals surface area contributed by atoms with Crippen molar-refractivity contribution in [3.05, 3.63) is 47.3 Å². The largest absolute Gasteiger partial charge is 0.486 e. The number of benzene rings is 1. The molecule has 0 bridgehead atoms. The van der Waals surface area contributed by atoms with Gasteiger partial charge in [-0.1, -0.05) is 19.1 Å². The summed E-state index contributed by atoms with van der Waals surface area (Å²) in [6, 6.07) is 7.32. The molecule has 2 rings (SSSR count). The fourth-order valence-electron chi connectivity index (χ4n) is 2.05. The van der Waals surface area contributed by atoms with Crippen LogP contribution in [0.15, 0.2) is 30.5 Å². The molecule has 1 heterocycles. The van der Waals surface area contributed by atoms with Gasteiger partial charge in [0.2, 0.25) is 0 Å². The molecule has 1 N–H and O–H groups in total. The van der Waals surface area contributed by atoms with Crippen LogP contribution in [0.3, 0.4) is 0 Å². The van der Waals surface area contributed by atoms with Crippen molar-refractivity contribution in [1.29, 1.82) is 0 Å². The van der Waals surface area contributed by atoms with Crippen molar-refractivity contribution in [2.24, 2.45) is 0 Å².